The van der Waals surface area contributed by atoms with E-state index in [1.165, 1.54) is 6.20 Å². The van der Waals surface area contributed by atoms with Crippen LogP contribution in [-0.4, -0.2) is 9.78 Å². The maximum atomic E-state index is 8.89. The lowest BCUT2D eigenvalue weighted by molar-refractivity contribution is 0.306. The van der Waals surface area contributed by atoms with E-state index in [-0.39, 0.29) is 0 Å². The Bertz CT molecular complexity index is 816. The van der Waals surface area contributed by atoms with Crippen molar-refractivity contribution in [3.63, 3.8) is 0 Å². The van der Waals surface area contributed by atoms with E-state index in [9.17, 15) is 0 Å². The highest BCUT2D eigenvalue weighted by atomic mass is 16.5. The second-order valence-electron chi connectivity index (χ2n) is 5.13. The Morgan fingerprint density at radius 3 is 2.43 bits per heavy atom. The van der Waals surface area contributed by atoms with Gasteiger partial charge in [0.2, 0.25) is 0 Å². The van der Waals surface area contributed by atoms with E-state index in [4.69, 9.17) is 15.7 Å². The maximum absolute atomic E-state index is 8.89. The Balaban J connectivity index is 1.63. The van der Waals surface area contributed by atoms with Gasteiger partial charge < -0.3 is 10.5 Å². The zero-order valence-electron chi connectivity index (χ0n) is 12.5. The minimum Gasteiger partial charge on any atom is -0.489 e. The minimum atomic E-state index is 0.386. The molecule has 3 aromatic rings. The molecule has 0 aliphatic carbocycles. The van der Waals surface area contributed by atoms with Crippen LogP contribution in [0.5, 0.6) is 5.75 Å². The molecule has 0 aliphatic heterocycles. The van der Waals surface area contributed by atoms with Crippen molar-refractivity contribution >= 4 is 5.82 Å². The standard InChI is InChI=1S/C18H16N4O/c19-10-16-11-21-22(18(16)20)12-14-6-8-17(9-7-14)23-13-15-4-2-1-3-5-15/h1-9,11H,12-13,20H2. The predicted octanol–water partition coefficient (Wildman–Crippen LogP) is 2.96. The summed E-state index contributed by atoms with van der Waals surface area (Å²) in [5, 5.41) is 13.0. The van der Waals surface area contributed by atoms with Crippen LogP contribution >= 0.6 is 0 Å². The van der Waals surface area contributed by atoms with Crippen LogP contribution < -0.4 is 10.5 Å². The van der Waals surface area contributed by atoms with E-state index in [0.29, 0.717) is 24.5 Å². The first-order chi connectivity index (χ1) is 11.3. The molecule has 2 aromatic carbocycles. The topological polar surface area (TPSA) is 76.9 Å². The Kier molecular flexibility index (Phi) is 4.25. The average molecular weight is 304 g/mol. The minimum absolute atomic E-state index is 0.386. The van der Waals surface area contributed by atoms with Gasteiger partial charge in [-0.3, -0.25) is 0 Å². The Morgan fingerprint density at radius 1 is 1.04 bits per heavy atom. The van der Waals surface area contributed by atoms with Crippen molar-refractivity contribution in [1.82, 2.24) is 9.78 Å². The molecule has 0 amide bonds. The van der Waals surface area contributed by atoms with Gasteiger partial charge in [0.25, 0.3) is 0 Å². The fraction of sp³-hybridized carbons (Fsp3) is 0.111. The Labute approximate surface area is 134 Å². The van der Waals surface area contributed by atoms with Crippen molar-refractivity contribution in [1.29, 1.82) is 5.26 Å². The lowest BCUT2D eigenvalue weighted by atomic mass is 10.2. The molecule has 5 nitrogen and oxygen atoms in total. The smallest absolute Gasteiger partial charge is 0.140 e. The van der Waals surface area contributed by atoms with E-state index >= 15 is 0 Å². The van der Waals surface area contributed by atoms with Crippen molar-refractivity contribution < 1.29 is 4.74 Å². The lowest BCUT2D eigenvalue weighted by Gasteiger charge is -2.08. The van der Waals surface area contributed by atoms with Gasteiger partial charge in [0.15, 0.2) is 0 Å². The molecular formula is C18H16N4O. The first-order valence-electron chi connectivity index (χ1n) is 7.23. The molecule has 114 valence electrons. The average Bonchev–Trinajstić information content (AvgIpc) is 2.95. The summed E-state index contributed by atoms with van der Waals surface area (Å²) in [5.41, 5.74) is 8.42. The van der Waals surface area contributed by atoms with E-state index in [1.807, 2.05) is 60.7 Å². The zero-order chi connectivity index (χ0) is 16.1. The molecule has 2 N–H and O–H groups in total. The van der Waals surface area contributed by atoms with Crippen LogP contribution in [0.4, 0.5) is 5.82 Å². The molecule has 0 saturated heterocycles. The maximum Gasteiger partial charge on any atom is 0.140 e. The second-order valence-corrected chi connectivity index (χ2v) is 5.13. The normalized spacial score (nSPS) is 10.2. The van der Waals surface area contributed by atoms with Crippen LogP contribution in [0.2, 0.25) is 0 Å². The van der Waals surface area contributed by atoms with Crippen molar-refractivity contribution in [2.45, 2.75) is 13.2 Å². The number of anilines is 1. The second kappa shape index (κ2) is 6.67. The van der Waals surface area contributed by atoms with Crippen LogP contribution in [0.15, 0.2) is 60.8 Å². The number of nitrogens with two attached hydrogens (primary N) is 1. The molecule has 0 atom stereocenters. The number of aromatic nitrogens is 2. The largest absolute Gasteiger partial charge is 0.489 e. The first-order valence-corrected chi connectivity index (χ1v) is 7.23. The van der Waals surface area contributed by atoms with Crippen molar-refractivity contribution in [3.8, 4) is 11.8 Å². The predicted molar refractivity (Wildman–Crippen MR) is 87.7 cm³/mol. The number of nitrogen functional groups attached to an aromatic ring is 1. The number of hydrogen-bond donors (Lipinski definition) is 1. The molecular weight excluding hydrogens is 288 g/mol. The molecule has 0 fully saturated rings. The van der Waals surface area contributed by atoms with Crippen LogP contribution in [0.25, 0.3) is 0 Å². The summed E-state index contributed by atoms with van der Waals surface area (Å²) >= 11 is 0. The van der Waals surface area contributed by atoms with Crippen LogP contribution in [0.3, 0.4) is 0 Å². The summed E-state index contributed by atoms with van der Waals surface area (Å²) in [4.78, 5) is 0. The van der Waals surface area contributed by atoms with Gasteiger partial charge >= 0.3 is 0 Å². The van der Waals surface area contributed by atoms with Crippen molar-refractivity contribution in [2.24, 2.45) is 0 Å². The highest BCUT2D eigenvalue weighted by Crippen LogP contribution is 2.17. The molecule has 0 aliphatic rings. The van der Waals surface area contributed by atoms with Crippen LogP contribution in [0.1, 0.15) is 16.7 Å². The molecule has 5 heteroatoms. The van der Waals surface area contributed by atoms with Gasteiger partial charge in [-0.05, 0) is 23.3 Å². The monoisotopic (exact) mass is 304 g/mol. The summed E-state index contributed by atoms with van der Waals surface area (Å²) in [7, 11) is 0. The van der Waals surface area contributed by atoms with Gasteiger partial charge in [-0.1, -0.05) is 42.5 Å². The zero-order valence-corrected chi connectivity index (χ0v) is 12.5. The number of hydrogen-bond acceptors (Lipinski definition) is 4. The Hall–Kier alpha value is -3.26. The van der Waals surface area contributed by atoms with E-state index in [2.05, 4.69) is 5.10 Å². The van der Waals surface area contributed by atoms with Crippen molar-refractivity contribution in [2.75, 3.05) is 5.73 Å². The molecule has 0 saturated carbocycles. The van der Waals surface area contributed by atoms with Gasteiger partial charge in [-0.15, -0.1) is 0 Å². The summed E-state index contributed by atoms with van der Waals surface area (Å²) in [5.74, 6) is 1.20. The highest BCUT2D eigenvalue weighted by Gasteiger charge is 2.07. The number of nitrogens with zero attached hydrogens (tertiary/aromatic N) is 3. The highest BCUT2D eigenvalue weighted by molar-refractivity contribution is 5.47. The van der Waals surface area contributed by atoms with Crippen LogP contribution in [0, 0.1) is 11.3 Å². The number of nitriles is 1. The quantitative estimate of drug-likeness (QED) is 0.786. The molecule has 0 bridgehead atoms. The van der Waals surface area contributed by atoms with Gasteiger partial charge in [0, 0.05) is 0 Å². The van der Waals surface area contributed by atoms with E-state index in [1.54, 1.807) is 4.68 Å². The summed E-state index contributed by atoms with van der Waals surface area (Å²) in [6.45, 7) is 1.06. The van der Waals surface area contributed by atoms with Crippen LogP contribution in [-0.2, 0) is 13.2 Å². The SMILES string of the molecule is N#Cc1cnn(Cc2ccc(OCc3ccccc3)cc2)c1N. The van der Waals surface area contributed by atoms with Gasteiger partial charge in [-0.2, -0.15) is 10.4 Å². The molecule has 0 spiro atoms. The third kappa shape index (κ3) is 3.50. The molecule has 0 radical (unpaired) electrons. The third-order valence-electron chi connectivity index (χ3n) is 3.50. The number of benzene rings is 2. The molecule has 23 heavy (non-hydrogen) atoms. The lowest BCUT2D eigenvalue weighted by Crippen LogP contribution is -2.06. The van der Waals surface area contributed by atoms with Gasteiger partial charge in [0.05, 0.1) is 12.7 Å². The van der Waals surface area contributed by atoms with Gasteiger partial charge in [0.1, 0.15) is 29.8 Å². The Morgan fingerprint density at radius 2 is 1.78 bits per heavy atom. The molecule has 0 unspecified atom stereocenters. The molecule has 3 rings (SSSR count). The number of ether oxygens (including phenoxy) is 1. The van der Waals surface area contributed by atoms with E-state index in [0.717, 1.165) is 16.9 Å². The van der Waals surface area contributed by atoms with E-state index < -0.39 is 0 Å². The first kappa shape index (κ1) is 14.7. The summed E-state index contributed by atoms with van der Waals surface area (Å²) < 4.78 is 7.36. The molecule has 1 heterocycles. The summed E-state index contributed by atoms with van der Waals surface area (Å²) in [6, 6.07) is 19.8. The van der Waals surface area contributed by atoms with Gasteiger partial charge in [-0.25, -0.2) is 4.68 Å². The fourth-order valence-corrected chi connectivity index (χ4v) is 2.21. The third-order valence-corrected chi connectivity index (χ3v) is 3.50. The number of rotatable bonds is 5. The summed E-state index contributed by atoms with van der Waals surface area (Å²) in [6.07, 6.45) is 1.48. The molecule has 1 aromatic heterocycles. The fourth-order valence-electron chi connectivity index (χ4n) is 2.21. The van der Waals surface area contributed by atoms with Crippen molar-refractivity contribution in [3.05, 3.63) is 77.5 Å².